The second kappa shape index (κ2) is 7.45. The quantitative estimate of drug-likeness (QED) is 0.755. The first kappa shape index (κ1) is 19.6. The molecule has 2 saturated heterocycles. The summed E-state index contributed by atoms with van der Waals surface area (Å²) in [6, 6.07) is 4.99. The molecule has 2 fully saturated rings. The van der Waals surface area contributed by atoms with Crippen LogP contribution in [0, 0.1) is 24.1 Å². The van der Waals surface area contributed by atoms with Crippen molar-refractivity contribution in [1.29, 1.82) is 5.26 Å². The predicted octanol–water partition coefficient (Wildman–Crippen LogP) is 3.00. The van der Waals surface area contributed by atoms with Crippen LogP contribution >= 0.6 is 0 Å². The number of nitrogens with zero attached hydrogens (tertiary/aromatic N) is 3. The van der Waals surface area contributed by atoms with E-state index < -0.39 is 11.4 Å². The molecule has 2 heterocycles. The van der Waals surface area contributed by atoms with Crippen molar-refractivity contribution < 1.29 is 18.7 Å². The number of aryl methyl sites for hydroxylation is 1. The smallest absolute Gasteiger partial charge is 0.410 e. The summed E-state index contributed by atoms with van der Waals surface area (Å²) in [5.74, 6) is -0.501. The van der Waals surface area contributed by atoms with E-state index in [9.17, 15) is 9.18 Å². The van der Waals surface area contributed by atoms with Crippen LogP contribution in [0.5, 0.6) is 0 Å². The Balaban J connectivity index is 1.66. The third-order valence-corrected chi connectivity index (χ3v) is 4.97. The fraction of sp³-hybridized carbons (Fsp3) is 0.600. The van der Waals surface area contributed by atoms with Gasteiger partial charge in [-0.2, -0.15) is 5.26 Å². The summed E-state index contributed by atoms with van der Waals surface area (Å²) in [7, 11) is 0. The first-order valence-corrected chi connectivity index (χ1v) is 9.21. The van der Waals surface area contributed by atoms with Gasteiger partial charge in [0.25, 0.3) is 0 Å². The van der Waals surface area contributed by atoms with Gasteiger partial charge >= 0.3 is 6.09 Å². The highest BCUT2D eigenvalue weighted by atomic mass is 19.1. The maximum absolute atomic E-state index is 13.8. The molecule has 1 aromatic carbocycles. The van der Waals surface area contributed by atoms with E-state index in [2.05, 4.69) is 4.90 Å². The van der Waals surface area contributed by atoms with E-state index in [-0.39, 0.29) is 23.8 Å². The van der Waals surface area contributed by atoms with Crippen molar-refractivity contribution in [3.8, 4) is 6.07 Å². The Morgan fingerprint density at radius 1 is 1.33 bits per heavy atom. The first-order valence-electron chi connectivity index (χ1n) is 9.21. The summed E-state index contributed by atoms with van der Waals surface area (Å²) < 4.78 is 25.3. The second-order valence-electron chi connectivity index (χ2n) is 8.20. The third-order valence-electron chi connectivity index (χ3n) is 4.97. The lowest BCUT2D eigenvalue weighted by Crippen LogP contribution is -2.60. The van der Waals surface area contributed by atoms with Gasteiger partial charge in [-0.3, -0.25) is 4.90 Å². The highest BCUT2D eigenvalue weighted by molar-refractivity contribution is 5.68. The number of hydrogen-bond donors (Lipinski definition) is 0. The summed E-state index contributed by atoms with van der Waals surface area (Å²) in [6.45, 7) is 10.4. The standard InChI is InChI=1S/C20H26FN3O3/c1-13-7-17(21)14(9-22)8-16(13)18-11-23-5-6-24(10-15(23)12-26-18)19(25)27-20(2,3)4/h7-8,15,18H,5-6,10-12H2,1-4H3. The van der Waals surface area contributed by atoms with Crippen LogP contribution in [0.15, 0.2) is 12.1 Å². The van der Waals surface area contributed by atoms with Gasteiger partial charge in [-0.05, 0) is 51.0 Å². The second-order valence-corrected chi connectivity index (χ2v) is 8.20. The molecule has 6 nitrogen and oxygen atoms in total. The number of carbonyl (C=O) groups is 1. The minimum Gasteiger partial charge on any atom is -0.444 e. The van der Waals surface area contributed by atoms with Gasteiger partial charge in [0.15, 0.2) is 0 Å². The van der Waals surface area contributed by atoms with Crippen molar-refractivity contribution in [3.05, 3.63) is 34.6 Å². The summed E-state index contributed by atoms with van der Waals surface area (Å²) >= 11 is 0. The Bertz CT molecular complexity index is 769. The number of nitriles is 1. The lowest BCUT2D eigenvalue weighted by Gasteiger charge is -2.46. The molecule has 2 aliphatic heterocycles. The van der Waals surface area contributed by atoms with E-state index in [0.29, 0.717) is 26.2 Å². The normalized spacial score (nSPS) is 23.5. The largest absolute Gasteiger partial charge is 0.444 e. The van der Waals surface area contributed by atoms with E-state index in [1.54, 1.807) is 11.0 Å². The van der Waals surface area contributed by atoms with Gasteiger partial charge in [-0.25, -0.2) is 9.18 Å². The molecule has 0 aromatic heterocycles. The number of rotatable bonds is 1. The number of ether oxygens (including phenoxy) is 2. The summed E-state index contributed by atoms with van der Waals surface area (Å²) in [5, 5.41) is 9.09. The van der Waals surface area contributed by atoms with Crippen LogP contribution in [0.3, 0.4) is 0 Å². The Morgan fingerprint density at radius 2 is 2.07 bits per heavy atom. The van der Waals surface area contributed by atoms with Crippen molar-refractivity contribution >= 4 is 6.09 Å². The third kappa shape index (κ3) is 4.40. The zero-order chi connectivity index (χ0) is 19.8. The Kier molecular flexibility index (Phi) is 5.41. The summed E-state index contributed by atoms with van der Waals surface area (Å²) in [4.78, 5) is 16.3. The number of amides is 1. The fourth-order valence-electron chi connectivity index (χ4n) is 3.59. The molecule has 2 unspecified atom stereocenters. The van der Waals surface area contributed by atoms with E-state index >= 15 is 0 Å². The van der Waals surface area contributed by atoms with Crippen LogP contribution in [0.25, 0.3) is 0 Å². The lowest BCUT2D eigenvalue weighted by atomic mass is 9.97. The average molecular weight is 375 g/mol. The first-order chi connectivity index (χ1) is 12.7. The Morgan fingerprint density at radius 3 is 2.74 bits per heavy atom. The van der Waals surface area contributed by atoms with Crippen molar-refractivity contribution in [2.45, 2.75) is 45.4 Å². The fourth-order valence-corrected chi connectivity index (χ4v) is 3.59. The maximum Gasteiger partial charge on any atom is 0.410 e. The number of hydrogen-bond acceptors (Lipinski definition) is 5. The zero-order valence-corrected chi connectivity index (χ0v) is 16.3. The Hall–Kier alpha value is -2.17. The Labute approximate surface area is 159 Å². The van der Waals surface area contributed by atoms with Crippen LogP contribution in [-0.2, 0) is 9.47 Å². The van der Waals surface area contributed by atoms with E-state index in [4.69, 9.17) is 14.7 Å². The predicted molar refractivity (Wildman–Crippen MR) is 97.7 cm³/mol. The summed E-state index contributed by atoms with van der Waals surface area (Å²) in [6.07, 6.45) is -0.501. The molecule has 146 valence electrons. The van der Waals surface area contributed by atoms with Crippen molar-refractivity contribution in [1.82, 2.24) is 9.80 Å². The number of morpholine rings is 1. The maximum atomic E-state index is 13.8. The van der Waals surface area contributed by atoms with Gasteiger partial charge in [0, 0.05) is 26.2 Å². The van der Waals surface area contributed by atoms with E-state index in [1.165, 1.54) is 6.07 Å². The van der Waals surface area contributed by atoms with E-state index in [0.717, 1.165) is 17.7 Å². The molecule has 2 aliphatic rings. The van der Waals surface area contributed by atoms with Gasteiger partial charge in [0.1, 0.15) is 17.5 Å². The highest BCUT2D eigenvalue weighted by Crippen LogP contribution is 2.30. The molecule has 3 rings (SSSR count). The molecular weight excluding hydrogens is 349 g/mol. The molecule has 0 radical (unpaired) electrons. The average Bonchev–Trinajstić information content (AvgIpc) is 2.59. The number of halogens is 1. The SMILES string of the molecule is Cc1cc(F)c(C#N)cc1C1CN2CCN(C(=O)OC(C)(C)C)CC2CO1. The van der Waals surface area contributed by atoms with Crippen LogP contribution < -0.4 is 0 Å². The number of carbonyl (C=O) groups excluding carboxylic acids is 1. The molecule has 0 bridgehead atoms. The number of fused-ring (bicyclic) bond motifs is 1. The van der Waals surface area contributed by atoms with Gasteiger partial charge in [0.2, 0.25) is 0 Å². The highest BCUT2D eigenvalue weighted by Gasteiger charge is 2.37. The molecule has 0 aliphatic carbocycles. The van der Waals surface area contributed by atoms with Gasteiger partial charge in [-0.15, -0.1) is 0 Å². The van der Waals surface area contributed by atoms with Crippen LogP contribution in [0.4, 0.5) is 9.18 Å². The van der Waals surface area contributed by atoms with Crippen molar-refractivity contribution in [2.75, 3.05) is 32.8 Å². The van der Waals surface area contributed by atoms with Crippen LogP contribution in [0.1, 0.15) is 43.6 Å². The lowest BCUT2D eigenvalue weighted by molar-refractivity contribution is -0.0908. The van der Waals surface area contributed by atoms with Crippen molar-refractivity contribution in [2.24, 2.45) is 0 Å². The molecule has 1 aromatic rings. The van der Waals surface area contributed by atoms with Gasteiger partial charge in [0.05, 0.1) is 24.3 Å². The van der Waals surface area contributed by atoms with Gasteiger partial charge in [-0.1, -0.05) is 0 Å². The topological polar surface area (TPSA) is 65.8 Å². The molecule has 27 heavy (non-hydrogen) atoms. The minimum absolute atomic E-state index is 0.0380. The molecule has 0 saturated carbocycles. The molecule has 1 amide bonds. The zero-order valence-electron chi connectivity index (χ0n) is 16.3. The molecular formula is C20H26FN3O3. The number of piperazine rings is 1. The van der Waals surface area contributed by atoms with Gasteiger partial charge < -0.3 is 14.4 Å². The van der Waals surface area contributed by atoms with Crippen LogP contribution in [0.2, 0.25) is 0 Å². The van der Waals surface area contributed by atoms with Crippen molar-refractivity contribution in [3.63, 3.8) is 0 Å². The monoisotopic (exact) mass is 375 g/mol. The van der Waals surface area contributed by atoms with E-state index in [1.807, 2.05) is 33.8 Å². The molecule has 0 spiro atoms. The number of benzene rings is 1. The van der Waals surface area contributed by atoms with Crippen LogP contribution in [-0.4, -0.2) is 60.3 Å². The molecule has 0 N–H and O–H groups in total. The molecule has 2 atom stereocenters. The minimum atomic E-state index is -0.513. The molecule has 7 heteroatoms. The summed E-state index contributed by atoms with van der Waals surface area (Å²) in [5.41, 5.74) is 1.15.